The Bertz CT molecular complexity index is 1660. The molecule has 0 unspecified atom stereocenters. The molecule has 0 fully saturated rings. The van der Waals surface area contributed by atoms with Gasteiger partial charge >= 0.3 is 0 Å². The summed E-state index contributed by atoms with van der Waals surface area (Å²) in [5.74, 6) is 0.965. The third-order valence-corrected chi connectivity index (χ3v) is 7.09. The lowest BCUT2D eigenvalue weighted by atomic mass is 10.1. The molecule has 0 aliphatic carbocycles. The minimum Gasteiger partial charge on any atom is -0.497 e. The zero-order valence-electron chi connectivity index (χ0n) is 21.1. The van der Waals surface area contributed by atoms with Crippen molar-refractivity contribution < 1.29 is 18.7 Å². The lowest BCUT2D eigenvalue weighted by Crippen LogP contribution is -2.25. The molecule has 5 rings (SSSR count). The number of ether oxygens (including phenoxy) is 1. The van der Waals surface area contributed by atoms with Crippen LogP contribution in [0.25, 0.3) is 10.9 Å². The number of hydrogen-bond acceptors (Lipinski definition) is 7. The molecule has 0 spiro atoms. The predicted molar refractivity (Wildman–Crippen MR) is 149 cm³/mol. The van der Waals surface area contributed by atoms with Crippen LogP contribution < -0.4 is 15.6 Å². The second-order valence-corrected chi connectivity index (χ2v) is 9.65. The quantitative estimate of drug-likeness (QED) is 0.152. The van der Waals surface area contributed by atoms with Gasteiger partial charge in [0.2, 0.25) is 0 Å². The van der Waals surface area contributed by atoms with Crippen LogP contribution in [0.15, 0.2) is 106 Å². The number of ketones is 1. The molecule has 0 atom stereocenters. The highest BCUT2D eigenvalue weighted by atomic mass is 32.2. The number of carbonyl (C=O) groups is 2. The molecule has 3 aromatic carbocycles. The van der Waals surface area contributed by atoms with Crippen LogP contribution in [-0.4, -0.2) is 34.1 Å². The van der Waals surface area contributed by atoms with Gasteiger partial charge in [0.1, 0.15) is 11.5 Å². The molecule has 1 N–H and O–H groups in total. The van der Waals surface area contributed by atoms with Crippen molar-refractivity contribution in [3.63, 3.8) is 0 Å². The summed E-state index contributed by atoms with van der Waals surface area (Å²) < 4.78 is 12.0. The van der Waals surface area contributed by atoms with Gasteiger partial charge < -0.3 is 14.5 Å². The summed E-state index contributed by atoms with van der Waals surface area (Å²) in [5, 5.41) is 3.59. The maximum absolute atomic E-state index is 13.6. The molecule has 8 nitrogen and oxygen atoms in total. The molecule has 0 aliphatic heterocycles. The van der Waals surface area contributed by atoms with E-state index in [1.807, 2.05) is 30.3 Å². The van der Waals surface area contributed by atoms with Gasteiger partial charge in [0.15, 0.2) is 10.9 Å². The van der Waals surface area contributed by atoms with Gasteiger partial charge in [-0.2, -0.15) is 0 Å². The Morgan fingerprint density at radius 3 is 2.46 bits per heavy atom. The number of aromatic nitrogens is 2. The van der Waals surface area contributed by atoms with Gasteiger partial charge in [-0.25, -0.2) is 4.98 Å². The van der Waals surface area contributed by atoms with Gasteiger partial charge in [-0.1, -0.05) is 42.1 Å². The number of methoxy groups -OCH3 is 1. The lowest BCUT2D eigenvalue weighted by molar-refractivity contribution is 0.0947. The summed E-state index contributed by atoms with van der Waals surface area (Å²) in [6, 6.07) is 24.8. The predicted octanol–water partition coefficient (Wildman–Crippen LogP) is 4.95. The Kier molecular flexibility index (Phi) is 7.88. The fourth-order valence-corrected chi connectivity index (χ4v) is 4.92. The summed E-state index contributed by atoms with van der Waals surface area (Å²) in [7, 11) is 1.57. The van der Waals surface area contributed by atoms with Crippen molar-refractivity contribution in [2.24, 2.45) is 0 Å². The van der Waals surface area contributed by atoms with Gasteiger partial charge in [-0.05, 0) is 60.2 Å². The molecule has 9 heteroatoms. The van der Waals surface area contributed by atoms with E-state index in [0.717, 1.165) is 5.56 Å². The van der Waals surface area contributed by atoms with Crippen molar-refractivity contribution in [1.82, 2.24) is 14.9 Å². The molecule has 196 valence electrons. The van der Waals surface area contributed by atoms with Gasteiger partial charge in [-0.15, -0.1) is 0 Å². The van der Waals surface area contributed by atoms with E-state index < -0.39 is 0 Å². The zero-order valence-corrected chi connectivity index (χ0v) is 21.9. The number of hydrogen-bond donors (Lipinski definition) is 1. The molecular weight excluding hydrogens is 514 g/mol. The molecule has 39 heavy (non-hydrogen) atoms. The van der Waals surface area contributed by atoms with E-state index >= 15 is 0 Å². The van der Waals surface area contributed by atoms with Gasteiger partial charge in [-0.3, -0.25) is 19.0 Å². The number of carbonyl (C=O) groups excluding carboxylic acids is 2. The molecule has 5 aromatic rings. The summed E-state index contributed by atoms with van der Waals surface area (Å²) in [6.45, 7) is 0.539. The van der Waals surface area contributed by atoms with Crippen LogP contribution in [0.4, 0.5) is 0 Å². The van der Waals surface area contributed by atoms with Gasteiger partial charge in [0, 0.05) is 11.1 Å². The van der Waals surface area contributed by atoms with E-state index in [2.05, 4.69) is 5.32 Å². The first-order chi connectivity index (χ1) is 19.0. The topological polar surface area (TPSA) is 103 Å². The van der Waals surface area contributed by atoms with E-state index in [9.17, 15) is 14.4 Å². The maximum Gasteiger partial charge on any atom is 0.262 e. The van der Waals surface area contributed by atoms with Gasteiger partial charge in [0.05, 0.1) is 43.1 Å². The van der Waals surface area contributed by atoms with E-state index in [0.29, 0.717) is 45.2 Å². The van der Waals surface area contributed by atoms with E-state index in [1.165, 1.54) is 11.8 Å². The van der Waals surface area contributed by atoms with Crippen LogP contribution in [0.1, 0.15) is 32.0 Å². The Balaban J connectivity index is 1.45. The van der Waals surface area contributed by atoms with Crippen molar-refractivity contribution >= 4 is 34.4 Å². The summed E-state index contributed by atoms with van der Waals surface area (Å²) in [6.07, 6.45) is 1.54. The molecule has 0 saturated heterocycles. The van der Waals surface area contributed by atoms with Crippen molar-refractivity contribution in [1.29, 1.82) is 0 Å². The van der Waals surface area contributed by atoms with Gasteiger partial charge in [0.25, 0.3) is 11.5 Å². The molecule has 2 heterocycles. The monoisotopic (exact) mass is 539 g/mol. The van der Waals surface area contributed by atoms with Crippen molar-refractivity contribution in [2.75, 3.05) is 12.9 Å². The smallest absolute Gasteiger partial charge is 0.262 e. The third-order valence-electron chi connectivity index (χ3n) is 6.11. The number of furan rings is 1. The first kappa shape index (κ1) is 26.0. The maximum atomic E-state index is 13.6. The number of fused-ring (bicyclic) bond motifs is 1. The number of thioether (sulfide) groups is 1. The van der Waals surface area contributed by atoms with E-state index in [-0.39, 0.29) is 29.5 Å². The minimum atomic E-state index is -0.313. The number of nitrogens with zero attached hydrogens (tertiary/aromatic N) is 2. The highest BCUT2D eigenvalue weighted by molar-refractivity contribution is 7.99. The first-order valence-electron chi connectivity index (χ1n) is 12.2. The zero-order chi connectivity index (χ0) is 27.2. The van der Waals surface area contributed by atoms with Crippen LogP contribution in [0, 0.1) is 0 Å². The van der Waals surface area contributed by atoms with E-state index in [4.69, 9.17) is 14.1 Å². The third kappa shape index (κ3) is 6.10. The second kappa shape index (κ2) is 11.8. The standard InChI is InChI=1S/C30H25N3O5S/c1-37-23-12-9-21(10-13-23)27(34)19-39-30-32-26-16-22(28(35)31-17-24-8-5-15-38-24)11-14-25(26)29(36)33(30)18-20-6-3-2-4-7-20/h2-16H,17-19H2,1H3,(H,31,35). The minimum absolute atomic E-state index is 0.0857. The fourth-order valence-electron chi connectivity index (χ4n) is 4.03. The number of nitrogens with one attached hydrogen (secondary N) is 1. The Morgan fingerprint density at radius 1 is 0.974 bits per heavy atom. The van der Waals surface area contributed by atoms with E-state index in [1.54, 1.807) is 72.5 Å². The van der Waals surface area contributed by atoms with Crippen molar-refractivity contribution in [3.8, 4) is 5.75 Å². The number of rotatable bonds is 10. The van der Waals surface area contributed by atoms with Crippen LogP contribution in [-0.2, 0) is 13.1 Å². The molecule has 1 amide bonds. The Hall–Kier alpha value is -4.63. The van der Waals surface area contributed by atoms with Crippen LogP contribution in [0.3, 0.4) is 0 Å². The lowest BCUT2D eigenvalue weighted by Gasteiger charge is -2.14. The number of benzene rings is 3. The second-order valence-electron chi connectivity index (χ2n) is 8.71. The Morgan fingerprint density at radius 2 is 1.74 bits per heavy atom. The molecule has 0 aliphatic rings. The average Bonchev–Trinajstić information content (AvgIpc) is 3.50. The average molecular weight is 540 g/mol. The van der Waals surface area contributed by atoms with Crippen molar-refractivity contribution in [3.05, 3.63) is 124 Å². The Labute approximate surface area is 228 Å². The highest BCUT2D eigenvalue weighted by Crippen LogP contribution is 2.22. The summed E-state index contributed by atoms with van der Waals surface area (Å²) >= 11 is 1.19. The first-order valence-corrected chi connectivity index (χ1v) is 13.2. The van der Waals surface area contributed by atoms with Crippen LogP contribution >= 0.6 is 11.8 Å². The fraction of sp³-hybridized carbons (Fsp3) is 0.133. The molecular formula is C30H25N3O5S. The number of Topliss-reactive ketones (excluding diaryl/α,β-unsaturated/α-hetero) is 1. The largest absolute Gasteiger partial charge is 0.497 e. The molecule has 0 saturated carbocycles. The van der Waals surface area contributed by atoms with Crippen LogP contribution in [0.5, 0.6) is 5.75 Å². The molecule has 0 radical (unpaired) electrons. The summed E-state index contributed by atoms with van der Waals surface area (Å²) in [5.41, 5.74) is 1.97. The van der Waals surface area contributed by atoms with Crippen LogP contribution in [0.2, 0.25) is 0 Å². The van der Waals surface area contributed by atoms with Crippen molar-refractivity contribution in [2.45, 2.75) is 18.2 Å². The SMILES string of the molecule is COc1ccc(C(=O)CSc2nc3cc(C(=O)NCc4ccco4)ccc3c(=O)n2Cc2ccccc2)cc1. The normalized spacial score (nSPS) is 10.9. The molecule has 2 aromatic heterocycles. The molecule has 0 bridgehead atoms. The number of amides is 1. The highest BCUT2D eigenvalue weighted by Gasteiger charge is 2.17. The summed E-state index contributed by atoms with van der Waals surface area (Å²) in [4.78, 5) is 44.0.